The van der Waals surface area contributed by atoms with Crippen LogP contribution in [0.4, 0.5) is 0 Å². The summed E-state index contributed by atoms with van der Waals surface area (Å²) in [4.78, 5) is 12.4. The fourth-order valence-electron chi connectivity index (χ4n) is 3.07. The average Bonchev–Trinajstić information content (AvgIpc) is 2.75. The third kappa shape index (κ3) is 6.21. The molecule has 1 N–H and O–H groups in total. The van der Waals surface area contributed by atoms with Gasteiger partial charge in [-0.05, 0) is 54.7 Å². The normalized spacial score (nSPS) is 11.4. The molecule has 164 valence electrons. The Hall–Kier alpha value is -2.58. The second-order valence-corrected chi connectivity index (χ2v) is 9.18. The van der Waals surface area contributed by atoms with Crippen LogP contribution in [0.1, 0.15) is 24.0 Å². The first-order valence-corrected chi connectivity index (χ1v) is 11.2. The van der Waals surface area contributed by atoms with Crippen LogP contribution in [0.5, 0.6) is 11.5 Å². The smallest absolute Gasteiger partial charge is 0.242 e. The monoisotopic (exact) mass is 434 g/mol. The molecule has 0 heterocycles. The molecule has 1 amide bonds. The maximum Gasteiger partial charge on any atom is 0.242 e. The van der Waals surface area contributed by atoms with Crippen molar-refractivity contribution in [1.82, 2.24) is 9.62 Å². The number of hydrogen-bond donors (Lipinski definition) is 1. The molecule has 0 aliphatic carbocycles. The molecule has 0 atom stereocenters. The van der Waals surface area contributed by atoms with E-state index in [-0.39, 0.29) is 17.2 Å². The van der Waals surface area contributed by atoms with Crippen LogP contribution in [0.3, 0.4) is 0 Å². The maximum atomic E-state index is 12.4. The highest BCUT2D eigenvalue weighted by atomic mass is 32.2. The Morgan fingerprint density at radius 1 is 0.967 bits per heavy atom. The molecule has 0 saturated carbocycles. The van der Waals surface area contributed by atoms with E-state index in [0.717, 1.165) is 28.5 Å². The fraction of sp³-hybridized carbons (Fsp3) is 0.409. The number of benzene rings is 2. The minimum Gasteiger partial charge on any atom is -0.496 e. The number of ether oxygens (including phenoxy) is 2. The van der Waals surface area contributed by atoms with E-state index in [1.807, 2.05) is 24.3 Å². The van der Waals surface area contributed by atoms with Crippen LogP contribution in [0, 0.1) is 0 Å². The van der Waals surface area contributed by atoms with Crippen LogP contribution in [0.25, 0.3) is 0 Å². The number of rotatable bonds is 11. The van der Waals surface area contributed by atoms with E-state index in [1.54, 1.807) is 19.2 Å². The van der Waals surface area contributed by atoms with Gasteiger partial charge in [-0.2, -0.15) is 0 Å². The van der Waals surface area contributed by atoms with Gasteiger partial charge in [-0.1, -0.05) is 18.2 Å². The fourth-order valence-corrected chi connectivity index (χ4v) is 4.03. The van der Waals surface area contributed by atoms with Crippen LogP contribution in [0.15, 0.2) is 47.4 Å². The highest BCUT2D eigenvalue weighted by molar-refractivity contribution is 7.89. The molecule has 0 aliphatic heterocycles. The van der Waals surface area contributed by atoms with Gasteiger partial charge >= 0.3 is 0 Å². The van der Waals surface area contributed by atoms with E-state index in [2.05, 4.69) is 5.32 Å². The Kier molecular flexibility index (Phi) is 8.68. The van der Waals surface area contributed by atoms with Crippen LogP contribution in [0.2, 0.25) is 0 Å². The number of nitrogens with one attached hydrogen (secondary N) is 1. The summed E-state index contributed by atoms with van der Waals surface area (Å²) in [5.41, 5.74) is 1.79. The Morgan fingerprint density at radius 2 is 1.63 bits per heavy atom. The van der Waals surface area contributed by atoms with E-state index < -0.39 is 10.0 Å². The minimum atomic E-state index is -3.55. The van der Waals surface area contributed by atoms with Gasteiger partial charge in [0, 0.05) is 27.1 Å². The predicted octanol–water partition coefficient (Wildman–Crippen LogP) is 2.64. The van der Waals surface area contributed by atoms with Gasteiger partial charge in [0.1, 0.15) is 11.5 Å². The lowest BCUT2D eigenvalue weighted by Crippen LogP contribution is -2.25. The lowest BCUT2D eigenvalue weighted by molar-refractivity contribution is -0.121. The van der Waals surface area contributed by atoms with E-state index in [1.165, 1.54) is 27.3 Å². The second kappa shape index (κ2) is 11.0. The topological polar surface area (TPSA) is 84.9 Å². The van der Waals surface area contributed by atoms with E-state index in [9.17, 15) is 13.2 Å². The van der Waals surface area contributed by atoms with Crippen molar-refractivity contribution >= 4 is 15.9 Å². The zero-order chi connectivity index (χ0) is 22.1. The Morgan fingerprint density at radius 3 is 2.30 bits per heavy atom. The van der Waals surface area contributed by atoms with Crippen molar-refractivity contribution in [2.45, 2.75) is 30.6 Å². The summed E-state index contributed by atoms with van der Waals surface area (Å²) in [5, 5.41) is 2.91. The highest BCUT2D eigenvalue weighted by Gasteiger charge is 2.19. The average molecular weight is 435 g/mol. The molecular weight excluding hydrogens is 404 g/mol. The van der Waals surface area contributed by atoms with Gasteiger partial charge in [0.05, 0.1) is 19.1 Å². The number of amides is 1. The first-order valence-electron chi connectivity index (χ1n) is 9.77. The first-order chi connectivity index (χ1) is 14.3. The van der Waals surface area contributed by atoms with Crippen molar-refractivity contribution in [3.8, 4) is 11.5 Å². The van der Waals surface area contributed by atoms with Gasteiger partial charge < -0.3 is 14.8 Å². The summed E-state index contributed by atoms with van der Waals surface area (Å²) in [7, 11) is 2.59. The zero-order valence-corrected chi connectivity index (χ0v) is 18.8. The van der Waals surface area contributed by atoms with Crippen LogP contribution in [-0.2, 0) is 27.7 Å². The molecule has 2 aromatic rings. The van der Waals surface area contributed by atoms with Crippen molar-refractivity contribution in [3.05, 3.63) is 53.6 Å². The molecule has 0 unspecified atom stereocenters. The lowest BCUT2D eigenvalue weighted by atomic mass is 10.1. The van der Waals surface area contributed by atoms with Gasteiger partial charge in [0.2, 0.25) is 15.9 Å². The largest absolute Gasteiger partial charge is 0.496 e. The van der Waals surface area contributed by atoms with Gasteiger partial charge in [0.25, 0.3) is 0 Å². The Balaban J connectivity index is 1.89. The molecule has 2 rings (SSSR count). The summed E-state index contributed by atoms with van der Waals surface area (Å²) in [6.45, 7) is 0.559. The standard InChI is InChI=1S/C22H30N2O5S/c1-24(2)30(26,27)19-12-13-21(29-4)18(16-19)11-14-22(25)23-15-7-9-17-8-5-6-10-20(17)28-3/h5-6,8,10,12-13,16H,7,9,11,14-15H2,1-4H3,(H,23,25). The third-order valence-corrected chi connectivity index (χ3v) is 6.60. The summed E-state index contributed by atoms with van der Waals surface area (Å²) in [6.07, 6.45) is 2.24. The molecule has 30 heavy (non-hydrogen) atoms. The van der Waals surface area contributed by atoms with Crippen molar-refractivity contribution in [2.24, 2.45) is 0 Å². The minimum absolute atomic E-state index is 0.0852. The molecule has 0 radical (unpaired) electrons. The van der Waals surface area contributed by atoms with Crippen molar-refractivity contribution in [2.75, 3.05) is 34.9 Å². The number of carbonyl (C=O) groups is 1. The Labute approximate surface area is 179 Å². The Bertz CT molecular complexity index is 958. The molecule has 0 aliphatic rings. The van der Waals surface area contributed by atoms with Crippen LogP contribution in [-0.4, -0.2) is 53.5 Å². The summed E-state index contributed by atoms with van der Waals surface area (Å²) in [6, 6.07) is 12.5. The molecule has 7 nitrogen and oxygen atoms in total. The first kappa shape index (κ1) is 23.7. The third-order valence-electron chi connectivity index (χ3n) is 4.79. The van der Waals surface area contributed by atoms with Gasteiger partial charge in [-0.15, -0.1) is 0 Å². The van der Waals surface area contributed by atoms with Crippen LogP contribution < -0.4 is 14.8 Å². The number of para-hydroxylation sites is 1. The molecule has 0 fully saturated rings. The SMILES string of the molecule is COc1ccccc1CCCNC(=O)CCc1cc(S(=O)(=O)N(C)C)ccc1OC. The molecule has 0 aromatic heterocycles. The molecular formula is C22H30N2O5S. The van der Waals surface area contributed by atoms with Gasteiger partial charge in [-0.3, -0.25) is 4.79 Å². The van der Waals surface area contributed by atoms with Gasteiger partial charge in [0.15, 0.2) is 0 Å². The van der Waals surface area contributed by atoms with Crippen LogP contribution >= 0.6 is 0 Å². The zero-order valence-electron chi connectivity index (χ0n) is 18.0. The number of methoxy groups -OCH3 is 2. The van der Waals surface area contributed by atoms with Crippen molar-refractivity contribution in [3.63, 3.8) is 0 Å². The number of aryl methyl sites for hydroxylation is 2. The molecule has 2 aromatic carbocycles. The maximum absolute atomic E-state index is 12.4. The second-order valence-electron chi connectivity index (χ2n) is 7.03. The van der Waals surface area contributed by atoms with E-state index >= 15 is 0 Å². The molecule has 0 saturated heterocycles. The number of carbonyl (C=O) groups excluding carboxylic acids is 1. The lowest BCUT2D eigenvalue weighted by Gasteiger charge is -2.14. The van der Waals surface area contributed by atoms with E-state index in [4.69, 9.17) is 9.47 Å². The number of sulfonamides is 1. The van der Waals surface area contributed by atoms with Crippen molar-refractivity contribution in [1.29, 1.82) is 0 Å². The van der Waals surface area contributed by atoms with E-state index in [0.29, 0.717) is 24.3 Å². The molecule has 8 heteroatoms. The molecule has 0 spiro atoms. The summed E-state index contributed by atoms with van der Waals surface area (Å²) < 4.78 is 36.5. The van der Waals surface area contributed by atoms with Crippen molar-refractivity contribution < 1.29 is 22.7 Å². The van der Waals surface area contributed by atoms with Gasteiger partial charge in [-0.25, -0.2) is 12.7 Å². The number of nitrogens with zero attached hydrogens (tertiary/aromatic N) is 1. The molecule has 0 bridgehead atoms. The summed E-state index contributed by atoms with van der Waals surface area (Å²) in [5.74, 6) is 1.33. The predicted molar refractivity (Wildman–Crippen MR) is 117 cm³/mol. The summed E-state index contributed by atoms with van der Waals surface area (Å²) >= 11 is 0. The highest BCUT2D eigenvalue weighted by Crippen LogP contribution is 2.25. The quantitative estimate of drug-likeness (QED) is 0.550. The number of hydrogen-bond acceptors (Lipinski definition) is 5.